The van der Waals surface area contributed by atoms with E-state index in [0.29, 0.717) is 6.42 Å². The second kappa shape index (κ2) is 27.8. The molecular formula is C33H65F3. The fraction of sp³-hybridized carbons (Fsp3) is 1.00. The molecule has 3 heteroatoms. The van der Waals surface area contributed by atoms with E-state index in [2.05, 4.69) is 13.8 Å². The second-order valence-corrected chi connectivity index (χ2v) is 11.7. The van der Waals surface area contributed by atoms with Crippen LogP contribution in [0, 0.1) is 5.92 Å². The van der Waals surface area contributed by atoms with Gasteiger partial charge in [0.25, 0.3) is 0 Å². The molecule has 0 saturated carbocycles. The number of rotatable bonds is 29. The molecule has 218 valence electrons. The van der Waals surface area contributed by atoms with E-state index in [1.807, 2.05) is 0 Å². The molecule has 0 bridgehead atoms. The zero-order valence-corrected chi connectivity index (χ0v) is 24.7. The van der Waals surface area contributed by atoms with Gasteiger partial charge >= 0.3 is 6.18 Å². The Morgan fingerprint density at radius 1 is 0.361 bits per heavy atom. The number of hydrogen-bond acceptors (Lipinski definition) is 0. The van der Waals surface area contributed by atoms with E-state index in [1.165, 1.54) is 154 Å². The van der Waals surface area contributed by atoms with Crippen LogP contribution in [0.3, 0.4) is 0 Å². The van der Waals surface area contributed by atoms with Gasteiger partial charge in [0.1, 0.15) is 0 Å². The van der Waals surface area contributed by atoms with Crippen molar-refractivity contribution in [1.82, 2.24) is 0 Å². The molecule has 0 spiro atoms. The first-order valence-corrected chi connectivity index (χ1v) is 16.6. The highest BCUT2D eigenvalue weighted by atomic mass is 19.4. The van der Waals surface area contributed by atoms with Crippen molar-refractivity contribution in [2.75, 3.05) is 0 Å². The van der Waals surface area contributed by atoms with Gasteiger partial charge < -0.3 is 0 Å². The highest BCUT2D eigenvalue weighted by Gasteiger charge is 2.25. The van der Waals surface area contributed by atoms with E-state index in [4.69, 9.17) is 0 Å². The molecule has 0 N–H and O–H groups in total. The first-order valence-electron chi connectivity index (χ1n) is 16.6. The molecule has 36 heavy (non-hydrogen) atoms. The van der Waals surface area contributed by atoms with E-state index < -0.39 is 12.6 Å². The van der Waals surface area contributed by atoms with Crippen molar-refractivity contribution in [3.8, 4) is 0 Å². The molecule has 1 unspecified atom stereocenters. The summed E-state index contributed by atoms with van der Waals surface area (Å²) in [6.45, 7) is 4.57. The summed E-state index contributed by atoms with van der Waals surface area (Å²) in [7, 11) is 0. The summed E-state index contributed by atoms with van der Waals surface area (Å²) in [5.74, 6) is 0.908. The van der Waals surface area contributed by atoms with Crippen molar-refractivity contribution in [2.24, 2.45) is 5.92 Å². The van der Waals surface area contributed by atoms with Crippen LogP contribution < -0.4 is 0 Å². The Bertz CT molecular complexity index is 404. The van der Waals surface area contributed by atoms with Crippen LogP contribution in [0.15, 0.2) is 0 Å². The summed E-state index contributed by atoms with van der Waals surface area (Å²) >= 11 is 0. The van der Waals surface area contributed by atoms with E-state index in [-0.39, 0.29) is 0 Å². The first-order chi connectivity index (χ1) is 17.5. The zero-order valence-electron chi connectivity index (χ0n) is 24.7. The van der Waals surface area contributed by atoms with Crippen LogP contribution in [0.4, 0.5) is 13.2 Å². The predicted molar refractivity (Wildman–Crippen MR) is 155 cm³/mol. The topological polar surface area (TPSA) is 0 Å². The van der Waals surface area contributed by atoms with Gasteiger partial charge in [-0.05, 0) is 12.3 Å². The molecule has 0 radical (unpaired) electrons. The molecule has 0 nitrogen and oxygen atoms in total. The molecule has 0 aliphatic carbocycles. The minimum atomic E-state index is -3.97. The summed E-state index contributed by atoms with van der Waals surface area (Å²) < 4.78 is 36.6. The van der Waals surface area contributed by atoms with Gasteiger partial charge in [-0.2, -0.15) is 13.2 Å². The summed E-state index contributed by atoms with van der Waals surface area (Å²) in [4.78, 5) is 0. The van der Waals surface area contributed by atoms with E-state index in [9.17, 15) is 13.2 Å². The lowest BCUT2D eigenvalue weighted by atomic mass is 9.89. The molecule has 0 fully saturated rings. The van der Waals surface area contributed by atoms with E-state index in [0.717, 1.165) is 25.2 Å². The number of unbranched alkanes of at least 4 members (excludes halogenated alkanes) is 22. The third kappa shape index (κ3) is 30.0. The molecule has 0 rings (SSSR count). The molecule has 0 amide bonds. The summed E-state index contributed by atoms with van der Waals surface area (Å²) in [5.41, 5.74) is 0. The molecule has 0 saturated heterocycles. The Morgan fingerprint density at radius 2 is 0.611 bits per heavy atom. The maximum atomic E-state index is 12.2. The quantitative estimate of drug-likeness (QED) is 0.0864. The van der Waals surface area contributed by atoms with Crippen LogP contribution >= 0.6 is 0 Å². The smallest absolute Gasteiger partial charge is 0.171 e. The van der Waals surface area contributed by atoms with E-state index in [1.54, 1.807) is 0 Å². The van der Waals surface area contributed by atoms with Crippen molar-refractivity contribution in [2.45, 2.75) is 206 Å². The normalized spacial score (nSPS) is 12.9. The van der Waals surface area contributed by atoms with Gasteiger partial charge in [-0.25, -0.2) is 0 Å². The zero-order chi connectivity index (χ0) is 26.6. The maximum Gasteiger partial charge on any atom is 0.389 e. The standard InChI is InChI=1S/C33H65F3/c1-3-5-7-9-11-12-13-14-17-21-25-29-32(28-24-20-16-10-8-6-4-2)30-26-22-18-15-19-23-27-31-33(34,35)36/h32H,3-31H2,1-2H3. The maximum absolute atomic E-state index is 12.2. The van der Waals surface area contributed by atoms with Crippen molar-refractivity contribution in [3.63, 3.8) is 0 Å². The highest BCUT2D eigenvalue weighted by molar-refractivity contribution is 4.62. The van der Waals surface area contributed by atoms with E-state index >= 15 is 0 Å². The van der Waals surface area contributed by atoms with Crippen LogP contribution in [-0.2, 0) is 0 Å². The molecule has 1 atom stereocenters. The van der Waals surface area contributed by atoms with Gasteiger partial charge in [-0.15, -0.1) is 0 Å². The molecule has 0 aliphatic heterocycles. The molecule has 0 aromatic carbocycles. The minimum Gasteiger partial charge on any atom is -0.171 e. The predicted octanol–water partition coefficient (Wildman–Crippen LogP) is 13.5. The van der Waals surface area contributed by atoms with Crippen LogP contribution in [0.25, 0.3) is 0 Å². The molecule has 0 aromatic heterocycles. The van der Waals surface area contributed by atoms with Crippen LogP contribution in [-0.4, -0.2) is 6.18 Å². The van der Waals surface area contributed by atoms with Crippen LogP contribution in [0.5, 0.6) is 0 Å². The lowest BCUT2D eigenvalue weighted by Crippen LogP contribution is -2.06. The highest BCUT2D eigenvalue weighted by Crippen LogP contribution is 2.26. The SMILES string of the molecule is CCCCCCCCCCCCCC(CCCCCCCCC)CCCCCCCCCC(F)(F)F. The average Bonchev–Trinajstić information content (AvgIpc) is 2.84. The van der Waals surface area contributed by atoms with Gasteiger partial charge in [0.15, 0.2) is 0 Å². The Balaban J connectivity index is 3.87. The molecule has 0 heterocycles. The van der Waals surface area contributed by atoms with Gasteiger partial charge in [0.05, 0.1) is 0 Å². The molecular weight excluding hydrogens is 453 g/mol. The third-order valence-corrected chi connectivity index (χ3v) is 8.00. The summed E-state index contributed by atoms with van der Waals surface area (Å²) in [6.07, 6.45) is 32.0. The Morgan fingerprint density at radius 3 is 0.889 bits per heavy atom. The largest absolute Gasteiger partial charge is 0.389 e. The van der Waals surface area contributed by atoms with Gasteiger partial charge in [-0.1, -0.05) is 187 Å². The van der Waals surface area contributed by atoms with Crippen LogP contribution in [0.2, 0.25) is 0 Å². The fourth-order valence-corrected chi connectivity index (χ4v) is 5.56. The van der Waals surface area contributed by atoms with Gasteiger partial charge in [0.2, 0.25) is 0 Å². The van der Waals surface area contributed by atoms with Gasteiger partial charge in [-0.3, -0.25) is 0 Å². The monoisotopic (exact) mass is 519 g/mol. The summed E-state index contributed by atoms with van der Waals surface area (Å²) in [6, 6.07) is 0. The number of hydrogen-bond donors (Lipinski definition) is 0. The Labute approximate surface area is 225 Å². The van der Waals surface area contributed by atoms with Gasteiger partial charge in [0, 0.05) is 6.42 Å². The molecule has 0 aromatic rings. The fourth-order valence-electron chi connectivity index (χ4n) is 5.56. The number of alkyl halides is 3. The minimum absolute atomic E-state index is 0.309. The summed E-state index contributed by atoms with van der Waals surface area (Å²) in [5, 5.41) is 0. The van der Waals surface area contributed by atoms with Crippen molar-refractivity contribution >= 4 is 0 Å². The second-order valence-electron chi connectivity index (χ2n) is 11.7. The van der Waals surface area contributed by atoms with Crippen molar-refractivity contribution < 1.29 is 13.2 Å². The van der Waals surface area contributed by atoms with Crippen LogP contribution in [0.1, 0.15) is 200 Å². The average molecular weight is 519 g/mol. The Hall–Kier alpha value is -0.210. The third-order valence-electron chi connectivity index (χ3n) is 8.00. The molecule has 0 aliphatic rings. The van der Waals surface area contributed by atoms with Crippen molar-refractivity contribution in [1.29, 1.82) is 0 Å². The first kappa shape index (κ1) is 35.8. The Kier molecular flexibility index (Phi) is 27.7. The number of halogens is 3. The van der Waals surface area contributed by atoms with Crippen molar-refractivity contribution in [3.05, 3.63) is 0 Å². The lowest BCUT2D eigenvalue weighted by molar-refractivity contribution is -0.135. The lowest BCUT2D eigenvalue weighted by Gasteiger charge is -2.17.